The third kappa shape index (κ3) is 10.1. The van der Waals surface area contributed by atoms with Gasteiger partial charge in [-0.15, -0.1) is 0 Å². The summed E-state index contributed by atoms with van der Waals surface area (Å²) in [6.45, 7) is 0. The lowest BCUT2D eigenvalue weighted by atomic mass is 9.94. The second kappa shape index (κ2) is 24.3. The van der Waals surface area contributed by atoms with Crippen LogP contribution in [0.4, 0.5) is 34.4 Å². The van der Waals surface area contributed by atoms with Gasteiger partial charge in [0.25, 0.3) is 0 Å². The Hall–Kier alpha value is -13.4. The van der Waals surface area contributed by atoms with Gasteiger partial charge >= 0.3 is 0 Å². The van der Waals surface area contributed by atoms with E-state index in [-0.39, 0.29) is 0 Å². The summed E-state index contributed by atoms with van der Waals surface area (Å²) in [4.78, 5) is 15.2. The topological polar surface area (TPSA) is 42.1 Å². The molecule has 0 amide bonds. The maximum absolute atomic E-state index is 5.15. The molecule has 0 unspecified atom stereocenters. The Morgan fingerprint density at radius 2 is 0.580 bits per heavy atom. The number of anilines is 6. The van der Waals surface area contributed by atoms with Crippen molar-refractivity contribution >= 4 is 77.7 Å². The van der Waals surface area contributed by atoms with Gasteiger partial charge in [-0.25, -0.2) is 9.97 Å². The van der Waals surface area contributed by atoms with Crippen molar-refractivity contribution in [3.63, 3.8) is 0 Å². The molecule has 2 aliphatic rings. The van der Waals surface area contributed by atoms with E-state index in [1.54, 1.807) is 0 Å². The van der Waals surface area contributed by atoms with E-state index in [1.165, 1.54) is 77.0 Å². The molecule has 0 spiro atoms. The molecule has 0 atom stereocenters. The van der Waals surface area contributed by atoms with E-state index in [9.17, 15) is 0 Å². The minimum atomic E-state index is 0.953. The molecule has 468 valence electrons. The summed E-state index contributed by atoms with van der Waals surface area (Å²) in [7, 11) is 0. The quantitative estimate of drug-likeness (QED) is 0.152. The van der Waals surface area contributed by atoms with E-state index in [0.717, 1.165) is 102 Å². The number of nitrogens with zero attached hydrogens (tertiary/aromatic N) is 6. The van der Waals surface area contributed by atoms with Crippen molar-refractivity contribution in [1.82, 2.24) is 19.1 Å². The number of hydrogen-bond donors (Lipinski definition) is 0. The maximum Gasteiger partial charge on any atom is 0.123 e. The van der Waals surface area contributed by atoms with Crippen LogP contribution in [0.5, 0.6) is 0 Å². The highest BCUT2D eigenvalue weighted by Crippen LogP contribution is 2.53. The van der Waals surface area contributed by atoms with Gasteiger partial charge < -0.3 is 0 Å². The summed E-state index contributed by atoms with van der Waals surface area (Å²) in [5, 5.41) is 7.31. The highest BCUT2D eigenvalue weighted by Gasteiger charge is 2.31. The minimum absolute atomic E-state index is 0.953. The molecular weight excluding hydrogens is 1210 g/mol. The first-order valence-electron chi connectivity index (χ1n) is 34.1. The molecule has 0 saturated carbocycles. The van der Waals surface area contributed by atoms with Crippen molar-refractivity contribution in [2.24, 2.45) is 0 Å². The molecule has 18 aromatic rings. The van der Waals surface area contributed by atoms with E-state index >= 15 is 0 Å². The Kier molecular flexibility index (Phi) is 14.1. The van der Waals surface area contributed by atoms with Gasteiger partial charge in [-0.05, 0) is 147 Å². The fraction of sp³-hybridized carbons (Fsp3) is 0. The van der Waals surface area contributed by atoms with Gasteiger partial charge in [0.1, 0.15) is 11.6 Å². The molecule has 6 heteroatoms. The average molecular weight is 1280 g/mol. The van der Waals surface area contributed by atoms with Crippen molar-refractivity contribution in [3.05, 3.63) is 376 Å². The number of fused-ring (bicyclic) bond motifs is 17. The van der Waals surface area contributed by atoms with Gasteiger partial charge in [-0.2, -0.15) is 0 Å². The van der Waals surface area contributed by atoms with Crippen LogP contribution >= 0.6 is 0 Å². The third-order valence-electron chi connectivity index (χ3n) is 19.7. The molecule has 6 nitrogen and oxygen atoms in total. The predicted molar refractivity (Wildman–Crippen MR) is 417 cm³/mol. The van der Waals surface area contributed by atoms with Crippen LogP contribution in [-0.2, 0) is 0 Å². The monoisotopic (exact) mass is 1270 g/mol. The summed E-state index contributed by atoms with van der Waals surface area (Å²) in [5.74, 6) is 2.21. The van der Waals surface area contributed by atoms with Gasteiger partial charge in [0.05, 0.1) is 56.6 Å². The molecule has 0 radical (unpaired) electrons. The SMILES string of the molecule is c1ccc(-c2cc(-c3cccc(N4c5cc6ccccc6cc5-c5ccccc5-n5c4cc4ccccc45)c3)cc(-c3ccccc3)n2)cc1.c1ccc(-c2cc(-c3cccc(N4c5ccc6ccccc6c5-c5ccccc5-n5c4cc4ccccc45)c3)cc(-c3ccccc3)n2)cc1. The van der Waals surface area contributed by atoms with E-state index in [1.807, 2.05) is 0 Å². The summed E-state index contributed by atoms with van der Waals surface area (Å²) < 4.78 is 4.86. The maximum atomic E-state index is 5.15. The van der Waals surface area contributed by atoms with Crippen LogP contribution in [-0.4, -0.2) is 19.1 Å². The lowest BCUT2D eigenvalue weighted by Crippen LogP contribution is -2.13. The van der Waals surface area contributed by atoms with Crippen LogP contribution in [0.3, 0.4) is 0 Å². The number of pyridine rings is 2. The van der Waals surface area contributed by atoms with Crippen LogP contribution in [0.25, 0.3) is 144 Å². The second-order valence-electron chi connectivity index (χ2n) is 25.7. The van der Waals surface area contributed by atoms with Crippen molar-refractivity contribution in [1.29, 1.82) is 0 Å². The lowest BCUT2D eigenvalue weighted by molar-refractivity contribution is 1.09. The van der Waals surface area contributed by atoms with Crippen LogP contribution in [0.1, 0.15) is 0 Å². The van der Waals surface area contributed by atoms with Gasteiger partial charge in [0, 0.05) is 66.7 Å². The fourth-order valence-electron chi connectivity index (χ4n) is 15.1. The van der Waals surface area contributed by atoms with Crippen LogP contribution in [0.15, 0.2) is 376 Å². The lowest BCUT2D eigenvalue weighted by Gasteiger charge is -2.27. The van der Waals surface area contributed by atoms with Crippen molar-refractivity contribution in [3.8, 4) is 101 Å². The van der Waals surface area contributed by atoms with Crippen LogP contribution in [0.2, 0.25) is 0 Å². The molecule has 0 saturated heterocycles. The summed E-state index contributed by atoms with van der Waals surface area (Å²) in [6.07, 6.45) is 0. The smallest absolute Gasteiger partial charge is 0.123 e. The van der Waals surface area contributed by atoms with Crippen molar-refractivity contribution in [2.75, 3.05) is 9.80 Å². The summed E-state index contributed by atoms with van der Waals surface area (Å²) >= 11 is 0. The minimum Gasteiger partial charge on any atom is -0.295 e. The molecule has 20 rings (SSSR count). The first-order valence-corrected chi connectivity index (χ1v) is 34.1. The molecule has 6 heterocycles. The summed E-state index contributed by atoms with van der Waals surface area (Å²) in [5.41, 5.74) is 26.8. The van der Waals surface area contributed by atoms with E-state index in [0.29, 0.717) is 0 Å². The van der Waals surface area contributed by atoms with Gasteiger partial charge in [-0.3, -0.25) is 18.9 Å². The molecule has 4 aromatic heterocycles. The Labute approximate surface area is 580 Å². The van der Waals surface area contributed by atoms with Crippen molar-refractivity contribution in [2.45, 2.75) is 0 Å². The molecule has 100 heavy (non-hydrogen) atoms. The predicted octanol–water partition coefficient (Wildman–Crippen LogP) is 25.3. The number of benzene rings is 14. The molecule has 0 fully saturated rings. The molecule has 0 N–H and O–H groups in total. The Bertz CT molecular complexity index is 5860. The highest BCUT2D eigenvalue weighted by atomic mass is 15.3. The highest BCUT2D eigenvalue weighted by molar-refractivity contribution is 6.10. The zero-order valence-corrected chi connectivity index (χ0v) is 54.5. The largest absolute Gasteiger partial charge is 0.295 e. The van der Waals surface area contributed by atoms with Gasteiger partial charge in [0.2, 0.25) is 0 Å². The average Bonchev–Trinajstić information content (AvgIpc) is 1.57. The second-order valence-corrected chi connectivity index (χ2v) is 25.7. The first kappa shape index (κ1) is 58.0. The molecule has 0 aliphatic carbocycles. The Balaban J connectivity index is 0.000000139. The van der Waals surface area contributed by atoms with Gasteiger partial charge in [0.15, 0.2) is 0 Å². The normalized spacial score (nSPS) is 12.0. The van der Waals surface area contributed by atoms with E-state index in [4.69, 9.17) is 9.97 Å². The summed E-state index contributed by atoms with van der Waals surface area (Å²) in [6, 6.07) is 135. The number of para-hydroxylation sites is 4. The molecule has 2 aliphatic heterocycles. The zero-order valence-electron chi connectivity index (χ0n) is 54.5. The van der Waals surface area contributed by atoms with E-state index < -0.39 is 0 Å². The third-order valence-corrected chi connectivity index (χ3v) is 19.7. The Morgan fingerprint density at radius 3 is 1.08 bits per heavy atom. The first-order chi connectivity index (χ1) is 49.6. The molecular formula is C94H62N6. The van der Waals surface area contributed by atoms with Crippen LogP contribution in [0, 0.1) is 0 Å². The Morgan fingerprint density at radius 1 is 0.200 bits per heavy atom. The number of rotatable bonds is 8. The standard InChI is InChI=1S/2C47H31N3/c1-3-15-33(16-4-1)41-29-37(30-42(48-41)34-17-5-2-6-18-34)35-20-13-21-38(28-35)49-45-27-26-32-14-7-9-22-39(32)47(45)40-23-10-12-25-44(40)50-43-24-11-8-19-36(43)31-46(49)50;1-3-14-32(15-4-1)42-28-38(29-43(48-42)33-16-5-2-6-17-33)34-21-13-22-39(26-34)49-46-30-36-19-8-7-18-35(36)27-41(46)40-23-10-12-25-45(40)50-44-24-11-9-20-37(44)31-47(49)50/h2*1-31H. The molecule has 14 aromatic carbocycles. The number of hydrogen-bond acceptors (Lipinski definition) is 4. The fourth-order valence-corrected chi connectivity index (χ4v) is 15.1. The van der Waals surface area contributed by atoms with Crippen LogP contribution < -0.4 is 9.80 Å². The molecule has 0 bridgehead atoms. The van der Waals surface area contributed by atoms with E-state index in [2.05, 4.69) is 395 Å². The number of aromatic nitrogens is 4. The van der Waals surface area contributed by atoms with Gasteiger partial charge in [-0.1, -0.05) is 273 Å². The zero-order chi connectivity index (χ0) is 66.0. The van der Waals surface area contributed by atoms with Crippen molar-refractivity contribution < 1.29 is 0 Å².